The van der Waals surface area contributed by atoms with E-state index >= 15 is 0 Å². The van der Waals surface area contributed by atoms with Crippen LogP contribution in [0.15, 0.2) is 48.7 Å². The first-order valence-corrected chi connectivity index (χ1v) is 11.1. The van der Waals surface area contributed by atoms with E-state index in [-0.39, 0.29) is 5.91 Å². The van der Waals surface area contributed by atoms with E-state index in [4.69, 9.17) is 4.74 Å². The molecule has 2 aromatic heterocycles. The molecule has 2 unspecified atom stereocenters. The molecule has 1 saturated heterocycles. The molecule has 0 spiro atoms. The second-order valence-corrected chi connectivity index (χ2v) is 8.96. The number of nitrogens with one attached hydrogen (secondary N) is 1. The summed E-state index contributed by atoms with van der Waals surface area (Å²) in [7, 11) is 1.72. The molecule has 0 radical (unpaired) electrons. The van der Waals surface area contributed by atoms with Gasteiger partial charge in [-0.3, -0.25) is 9.89 Å². The van der Waals surface area contributed by atoms with Crippen LogP contribution in [0.5, 0.6) is 0 Å². The number of aromatic nitrogens is 5. The number of methoxy groups -OCH3 is 1. The average Bonchev–Trinajstić information content (AvgIpc) is 3.47. The van der Waals surface area contributed by atoms with Crippen LogP contribution in [-0.2, 0) is 9.53 Å². The van der Waals surface area contributed by atoms with Crippen LogP contribution in [0.2, 0.25) is 0 Å². The lowest BCUT2D eigenvalue weighted by molar-refractivity contribution is -0.140. The number of fused-ring (bicyclic) bond motifs is 1. The summed E-state index contributed by atoms with van der Waals surface area (Å²) in [6.45, 7) is 4.32. The van der Waals surface area contributed by atoms with E-state index in [1.807, 2.05) is 54.4 Å². The molecule has 1 aromatic carbocycles. The van der Waals surface area contributed by atoms with Gasteiger partial charge in [0, 0.05) is 25.6 Å². The third kappa shape index (κ3) is 3.75. The van der Waals surface area contributed by atoms with Gasteiger partial charge in [-0.25, -0.2) is 4.68 Å². The Kier molecular flexibility index (Phi) is 5.38. The van der Waals surface area contributed by atoms with Gasteiger partial charge < -0.3 is 9.64 Å². The SMILES string of the molecule is COCC1CCCN(C(=O)C2(C)C=CC(n3cc(-c4n[nH]c5ccccc45)nn3)=CC2)C1. The van der Waals surface area contributed by atoms with Crippen molar-refractivity contribution >= 4 is 22.5 Å². The van der Waals surface area contributed by atoms with Crippen LogP contribution in [0, 0.1) is 11.3 Å². The molecular weight excluding hydrogens is 404 g/mol. The smallest absolute Gasteiger partial charge is 0.232 e. The fourth-order valence-electron chi connectivity index (χ4n) is 4.69. The molecule has 1 fully saturated rings. The lowest BCUT2D eigenvalue weighted by Crippen LogP contribution is -2.47. The molecule has 1 amide bonds. The number of benzene rings is 1. The van der Waals surface area contributed by atoms with Gasteiger partial charge in [0.05, 0.1) is 29.4 Å². The van der Waals surface area contributed by atoms with Gasteiger partial charge in [-0.2, -0.15) is 5.10 Å². The molecule has 1 N–H and O–H groups in total. The first-order valence-electron chi connectivity index (χ1n) is 11.1. The fourth-order valence-corrected chi connectivity index (χ4v) is 4.69. The van der Waals surface area contributed by atoms with E-state index in [2.05, 4.69) is 26.6 Å². The summed E-state index contributed by atoms with van der Waals surface area (Å²) in [5.74, 6) is 0.610. The second kappa shape index (κ2) is 8.35. The molecule has 1 aliphatic heterocycles. The Hall–Kier alpha value is -3.26. The fraction of sp³-hybridized carbons (Fsp3) is 0.417. The number of aromatic amines is 1. The van der Waals surface area contributed by atoms with Crippen LogP contribution in [0.1, 0.15) is 26.2 Å². The molecule has 0 bridgehead atoms. The summed E-state index contributed by atoms with van der Waals surface area (Å²) in [5, 5.41) is 17.1. The summed E-state index contributed by atoms with van der Waals surface area (Å²) in [6.07, 6.45) is 10.7. The number of allylic oxidation sites excluding steroid dienone is 3. The standard InChI is InChI=1S/C24H28N6O2/c1-24(23(31)29-13-5-6-17(14-29)16-32-2)11-9-18(10-12-24)30-15-21(26-28-30)22-19-7-3-4-8-20(19)25-27-22/h3-4,7-11,15,17H,5-6,12-14,16H2,1-2H3,(H,25,27). The number of piperidine rings is 1. The lowest BCUT2D eigenvalue weighted by Gasteiger charge is -2.38. The number of H-pyrrole nitrogens is 1. The highest BCUT2D eigenvalue weighted by Gasteiger charge is 2.37. The van der Waals surface area contributed by atoms with Gasteiger partial charge in [0.2, 0.25) is 5.91 Å². The summed E-state index contributed by atoms with van der Waals surface area (Å²) in [5.41, 5.74) is 2.82. The van der Waals surface area contributed by atoms with Gasteiger partial charge in [0.15, 0.2) is 0 Å². The normalized spacial score (nSPS) is 23.5. The Morgan fingerprint density at radius 1 is 1.34 bits per heavy atom. The van der Waals surface area contributed by atoms with Gasteiger partial charge >= 0.3 is 0 Å². The van der Waals surface area contributed by atoms with Gasteiger partial charge in [0.1, 0.15) is 11.4 Å². The van der Waals surface area contributed by atoms with E-state index in [0.717, 1.165) is 48.2 Å². The lowest BCUT2D eigenvalue weighted by atomic mass is 9.81. The Morgan fingerprint density at radius 2 is 2.22 bits per heavy atom. The van der Waals surface area contributed by atoms with Gasteiger partial charge in [-0.05, 0) is 44.2 Å². The van der Waals surface area contributed by atoms with Crippen LogP contribution >= 0.6 is 0 Å². The highest BCUT2D eigenvalue weighted by atomic mass is 16.5. The molecule has 0 saturated carbocycles. The number of ether oxygens (including phenoxy) is 1. The molecule has 5 rings (SSSR count). The van der Waals surface area contributed by atoms with Crippen molar-refractivity contribution in [2.45, 2.75) is 26.2 Å². The predicted octanol–water partition coefficient (Wildman–Crippen LogP) is 3.51. The zero-order valence-corrected chi connectivity index (χ0v) is 18.5. The van der Waals surface area contributed by atoms with E-state index in [9.17, 15) is 4.79 Å². The van der Waals surface area contributed by atoms with Gasteiger partial charge in [0.25, 0.3) is 0 Å². The maximum absolute atomic E-state index is 13.3. The van der Waals surface area contributed by atoms with Gasteiger partial charge in [-0.1, -0.05) is 35.6 Å². The maximum atomic E-state index is 13.3. The Bertz CT molecular complexity index is 1190. The van der Waals surface area contributed by atoms with Crippen molar-refractivity contribution in [1.82, 2.24) is 30.1 Å². The summed E-state index contributed by atoms with van der Waals surface area (Å²) in [6, 6.07) is 7.96. The Labute approximate surface area is 186 Å². The third-order valence-electron chi connectivity index (χ3n) is 6.53. The summed E-state index contributed by atoms with van der Waals surface area (Å²) in [4.78, 5) is 15.3. The molecule has 8 heteroatoms. The number of hydrogen-bond acceptors (Lipinski definition) is 5. The highest BCUT2D eigenvalue weighted by Crippen LogP contribution is 2.34. The first kappa shape index (κ1) is 20.6. The number of para-hydroxylation sites is 1. The van der Waals surface area contributed by atoms with E-state index in [1.54, 1.807) is 11.8 Å². The molecule has 8 nitrogen and oxygen atoms in total. The maximum Gasteiger partial charge on any atom is 0.232 e. The van der Waals surface area contributed by atoms with Crippen molar-refractivity contribution in [3.8, 4) is 11.4 Å². The zero-order valence-electron chi connectivity index (χ0n) is 18.5. The molecule has 166 valence electrons. The number of likely N-dealkylation sites (tertiary alicyclic amines) is 1. The van der Waals surface area contributed by atoms with E-state index in [0.29, 0.717) is 24.6 Å². The number of amides is 1. The van der Waals surface area contributed by atoms with Crippen LogP contribution in [0.4, 0.5) is 0 Å². The Morgan fingerprint density at radius 3 is 3.03 bits per heavy atom. The van der Waals surface area contributed by atoms with E-state index < -0.39 is 5.41 Å². The first-order chi connectivity index (χ1) is 15.6. The van der Waals surface area contributed by atoms with Crippen molar-refractivity contribution in [3.05, 3.63) is 48.7 Å². The number of rotatable bonds is 5. The van der Waals surface area contributed by atoms with Crippen molar-refractivity contribution in [1.29, 1.82) is 0 Å². The quantitative estimate of drug-likeness (QED) is 0.666. The minimum atomic E-state index is -0.541. The minimum absolute atomic E-state index is 0.187. The average molecular weight is 433 g/mol. The van der Waals surface area contributed by atoms with Crippen LogP contribution in [0.3, 0.4) is 0 Å². The molecule has 3 heterocycles. The third-order valence-corrected chi connectivity index (χ3v) is 6.53. The molecule has 2 atom stereocenters. The topological polar surface area (TPSA) is 88.9 Å². The van der Waals surface area contributed by atoms with Crippen molar-refractivity contribution < 1.29 is 9.53 Å². The predicted molar refractivity (Wildman–Crippen MR) is 122 cm³/mol. The highest BCUT2D eigenvalue weighted by molar-refractivity contribution is 5.91. The van der Waals surface area contributed by atoms with Crippen molar-refractivity contribution in [2.75, 3.05) is 26.8 Å². The van der Waals surface area contributed by atoms with Crippen molar-refractivity contribution in [2.24, 2.45) is 11.3 Å². The molecular formula is C24H28N6O2. The molecule has 1 aliphatic carbocycles. The van der Waals surface area contributed by atoms with Crippen LogP contribution < -0.4 is 0 Å². The largest absolute Gasteiger partial charge is 0.384 e. The Balaban J connectivity index is 1.31. The van der Waals surface area contributed by atoms with E-state index in [1.165, 1.54) is 0 Å². The van der Waals surface area contributed by atoms with Crippen LogP contribution in [-0.4, -0.2) is 62.8 Å². The number of nitrogens with zero attached hydrogens (tertiary/aromatic N) is 5. The molecule has 3 aromatic rings. The molecule has 2 aliphatic rings. The van der Waals surface area contributed by atoms with Crippen LogP contribution in [0.25, 0.3) is 28.0 Å². The summed E-state index contributed by atoms with van der Waals surface area (Å²) >= 11 is 0. The summed E-state index contributed by atoms with van der Waals surface area (Å²) < 4.78 is 7.06. The zero-order chi connectivity index (χ0) is 22.1. The van der Waals surface area contributed by atoms with Gasteiger partial charge in [-0.15, -0.1) is 5.10 Å². The van der Waals surface area contributed by atoms with Crippen molar-refractivity contribution in [3.63, 3.8) is 0 Å². The molecule has 32 heavy (non-hydrogen) atoms. The minimum Gasteiger partial charge on any atom is -0.384 e. The number of carbonyl (C=O) groups is 1. The monoisotopic (exact) mass is 432 g/mol. The second-order valence-electron chi connectivity index (χ2n) is 8.96. The number of hydrogen-bond donors (Lipinski definition) is 1. The number of carbonyl (C=O) groups excluding carboxylic acids is 1.